The Hall–Kier alpha value is -1.40. The molecule has 1 aliphatic carbocycles. The first-order valence-corrected chi connectivity index (χ1v) is 9.83. The van der Waals surface area contributed by atoms with E-state index in [1.165, 1.54) is 51.3 Å². The summed E-state index contributed by atoms with van der Waals surface area (Å²) >= 11 is 0. The number of carbonyl (C=O) groups is 1. The molecule has 5 nitrogen and oxygen atoms in total. The van der Waals surface area contributed by atoms with Crippen molar-refractivity contribution in [1.29, 1.82) is 0 Å². The molecule has 0 aliphatic heterocycles. The molecule has 1 saturated carbocycles. The van der Waals surface area contributed by atoms with Crippen molar-refractivity contribution in [3.8, 4) is 0 Å². The molecule has 0 aromatic heterocycles. The largest absolute Gasteiger partial charge is 0.326 e. The highest BCUT2D eigenvalue weighted by Crippen LogP contribution is 2.27. The van der Waals surface area contributed by atoms with Gasteiger partial charge in [0.2, 0.25) is 15.9 Å². The van der Waals surface area contributed by atoms with Crippen LogP contribution in [0.2, 0.25) is 0 Å². The van der Waals surface area contributed by atoms with Crippen molar-refractivity contribution < 1.29 is 13.2 Å². The first kappa shape index (κ1) is 17.9. The third-order valence-electron chi connectivity index (χ3n) is 4.46. The van der Waals surface area contributed by atoms with E-state index in [0.29, 0.717) is 12.1 Å². The fraction of sp³-hybridized carbons (Fsp3) is 0.588. The lowest BCUT2D eigenvalue weighted by molar-refractivity contribution is -0.116. The minimum atomic E-state index is -3.43. The van der Waals surface area contributed by atoms with Crippen LogP contribution in [0.1, 0.15) is 51.4 Å². The Kier molecular flexibility index (Phi) is 6.59. The average Bonchev–Trinajstić information content (AvgIpc) is 2.56. The molecular weight excluding hydrogens is 312 g/mol. The van der Waals surface area contributed by atoms with Gasteiger partial charge in [0, 0.05) is 12.1 Å². The quantitative estimate of drug-likeness (QED) is 0.801. The van der Waals surface area contributed by atoms with Gasteiger partial charge in [0.15, 0.2) is 0 Å². The second-order valence-electron chi connectivity index (χ2n) is 6.18. The van der Waals surface area contributed by atoms with E-state index < -0.39 is 10.0 Å². The average molecular weight is 338 g/mol. The Balaban J connectivity index is 1.76. The lowest BCUT2D eigenvalue weighted by atomic mass is 9.86. The molecule has 0 heterocycles. The molecule has 23 heavy (non-hydrogen) atoms. The van der Waals surface area contributed by atoms with Crippen molar-refractivity contribution in [2.75, 3.05) is 12.4 Å². The topological polar surface area (TPSA) is 75.3 Å². The van der Waals surface area contributed by atoms with E-state index in [4.69, 9.17) is 0 Å². The standard InChI is InChI=1S/C17H26N2O3S/c1-18-23(21,22)16-12-10-15(11-13-16)19-17(20)9-5-8-14-6-3-2-4-7-14/h10-14,18H,2-9H2,1H3,(H,19,20). The Morgan fingerprint density at radius 1 is 1.13 bits per heavy atom. The van der Waals surface area contributed by atoms with E-state index in [2.05, 4.69) is 10.0 Å². The van der Waals surface area contributed by atoms with Crippen LogP contribution in [-0.2, 0) is 14.8 Å². The van der Waals surface area contributed by atoms with Crippen LogP contribution in [0.3, 0.4) is 0 Å². The number of sulfonamides is 1. The molecule has 2 rings (SSSR count). The van der Waals surface area contributed by atoms with Crippen LogP contribution in [0.4, 0.5) is 5.69 Å². The lowest BCUT2D eigenvalue weighted by Gasteiger charge is -2.21. The SMILES string of the molecule is CNS(=O)(=O)c1ccc(NC(=O)CCCC2CCCCC2)cc1. The summed E-state index contributed by atoms with van der Waals surface area (Å²) in [6.07, 6.45) is 9.21. The zero-order valence-corrected chi connectivity index (χ0v) is 14.5. The second-order valence-corrected chi connectivity index (χ2v) is 8.06. The maximum Gasteiger partial charge on any atom is 0.240 e. The summed E-state index contributed by atoms with van der Waals surface area (Å²) in [5.74, 6) is 0.785. The fourth-order valence-corrected chi connectivity index (χ4v) is 3.82. The van der Waals surface area contributed by atoms with Gasteiger partial charge in [0.05, 0.1) is 4.90 Å². The summed E-state index contributed by atoms with van der Waals surface area (Å²) in [7, 11) is -2.06. The monoisotopic (exact) mass is 338 g/mol. The molecular formula is C17H26N2O3S. The van der Waals surface area contributed by atoms with Crippen LogP contribution < -0.4 is 10.0 Å². The van der Waals surface area contributed by atoms with E-state index in [1.807, 2.05) is 0 Å². The molecule has 0 bridgehead atoms. The Bertz CT molecular complexity index is 605. The van der Waals surface area contributed by atoms with Crippen molar-refractivity contribution in [3.63, 3.8) is 0 Å². The number of amides is 1. The summed E-state index contributed by atoms with van der Waals surface area (Å²) in [5.41, 5.74) is 0.628. The van der Waals surface area contributed by atoms with Crippen LogP contribution in [0, 0.1) is 5.92 Å². The molecule has 128 valence electrons. The highest BCUT2D eigenvalue weighted by molar-refractivity contribution is 7.89. The lowest BCUT2D eigenvalue weighted by Crippen LogP contribution is -2.18. The highest BCUT2D eigenvalue weighted by atomic mass is 32.2. The fourth-order valence-electron chi connectivity index (χ4n) is 3.09. The van der Waals surface area contributed by atoms with Crippen LogP contribution >= 0.6 is 0 Å². The van der Waals surface area contributed by atoms with E-state index in [1.54, 1.807) is 12.1 Å². The summed E-state index contributed by atoms with van der Waals surface area (Å²) in [5, 5.41) is 2.82. The minimum Gasteiger partial charge on any atom is -0.326 e. The Morgan fingerprint density at radius 2 is 1.78 bits per heavy atom. The zero-order valence-electron chi connectivity index (χ0n) is 13.7. The molecule has 0 radical (unpaired) electrons. The van der Waals surface area contributed by atoms with Crippen LogP contribution in [0.25, 0.3) is 0 Å². The van der Waals surface area contributed by atoms with Gasteiger partial charge in [-0.05, 0) is 50.1 Å². The molecule has 0 unspecified atom stereocenters. The second kappa shape index (κ2) is 8.45. The van der Waals surface area contributed by atoms with Crippen LogP contribution in [0.15, 0.2) is 29.2 Å². The molecule has 1 aromatic rings. The van der Waals surface area contributed by atoms with Gasteiger partial charge in [-0.3, -0.25) is 4.79 Å². The number of hydrogen-bond acceptors (Lipinski definition) is 3. The molecule has 6 heteroatoms. The van der Waals surface area contributed by atoms with Crippen molar-refractivity contribution in [3.05, 3.63) is 24.3 Å². The number of nitrogens with one attached hydrogen (secondary N) is 2. The highest BCUT2D eigenvalue weighted by Gasteiger charge is 2.14. The number of rotatable bonds is 7. The van der Waals surface area contributed by atoms with E-state index in [-0.39, 0.29) is 10.8 Å². The molecule has 2 N–H and O–H groups in total. The summed E-state index contributed by atoms with van der Waals surface area (Å²) in [6.45, 7) is 0. The van der Waals surface area contributed by atoms with Gasteiger partial charge < -0.3 is 5.32 Å². The van der Waals surface area contributed by atoms with Crippen molar-refractivity contribution in [2.45, 2.75) is 56.3 Å². The molecule has 1 amide bonds. The van der Waals surface area contributed by atoms with E-state index >= 15 is 0 Å². The van der Waals surface area contributed by atoms with Gasteiger partial charge in [0.25, 0.3) is 0 Å². The normalized spacial score (nSPS) is 16.2. The summed E-state index contributed by atoms with van der Waals surface area (Å²) < 4.78 is 25.5. The predicted molar refractivity (Wildman–Crippen MR) is 91.7 cm³/mol. The zero-order chi connectivity index (χ0) is 16.7. The molecule has 0 saturated heterocycles. The van der Waals surface area contributed by atoms with Gasteiger partial charge in [-0.15, -0.1) is 0 Å². The first-order chi connectivity index (χ1) is 11.0. The van der Waals surface area contributed by atoms with Gasteiger partial charge >= 0.3 is 0 Å². The molecule has 0 spiro atoms. The smallest absolute Gasteiger partial charge is 0.240 e. The predicted octanol–water partition coefficient (Wildman–Crippen LogP) is 3.28. The maximum atomic E-state index is 12.0. The van der Waals surface area contributed by atoms with Gasteiger partial charge in [-0.1, -0.05) is 32.1 Å². The van der Waals surface area contributed by atoms with E-state index in [9.17, 15) is 13.2 Å². The maximum absolute atomic E-state index is 12.0. The van der Waals surface area contributed by atoms with Gasteiger partial charge in [0.1, 0.15) is 0 Å². The van der Waals surface area contributed by atoms with Crippen LogP contribution in [-0.4, -0.2) is 21.4 Å². The molecule has 1 aliphatic rings. The number of carbonyl (C=O) groups excluding carboxylic acids is 1. The van der Waals surface area contributed by atoms with Gasteiger partial charge in [-0.25, -0.2) is 13.1 Å². The minimum absolute atomic E-state index is 0.00923. The van der Waals surface area contributed by atoms with Crippen molar-refractivity contribution in [1.82, 2.24) is 4.72 Å². The van der Waals surface area contributed by atoms with Crippen LogP contribution in [0.5, 0.6) is 0 Å². The van der Waals surface area contributed by atoms with Gasteiger partial charge in [-0.2, -0.15) is 0 Å². The number of anilines is 1. The summed E-state index contributed by atoms with van der Waals surface area (Å²) in [4.78, 5) is 12.1. The third-order valence-corrected chi connectivity index (χ3v) is 5.89. The van der Waals surface area contributed by atoms with Crippen molar-refractivity contribution >= 4 is 21.6 Å². The molecule has 1 aromatic carbocycles. The Morgan fingerprint density at radius 3 is 2.39 bits per heavy atom. The first-order valence-electron chi connectivity index (χ1n) is 8.35. The molecule has 1 fully saturated rings. The summed E-state index contributed by atoms with van der Waals surface area (Å²) in [6, 6.07) is 6.21. The Labute approximate surface area is 138 Å². The number of benzene rings is 1. The number of hydrogen-bond donors (Lipinski definition) is 2. The van der Waals surface area contributed by atoms with E-state index in [0.717, 1.165) is 18.8 Å². The van der Waals surface area contributed by atoms with Crippen molar-refractivity contribution in [2.24, 2.45) is 5.92 Å². The molecule has 0 atom stereocenters. The third kappa shape index (κ3) is 5.62.